The van der Waals surface area contributed by atoms with Crippen LogP contribution in [0.5, 0.6) is 5.75 Å². The minimum atomic E-state index is -3.43. The number of benzene rings is 2. The first-order valence-corrected chi connectivity index (χ1v) is 12.1. The van der Waals surface area contributed by atoms with E-state index in [1.807, 2.05) is 20.0 Å². The Balaban J connectivity index is 1.60. The Kier molecular flexibility index (Phi) is 6.07. The van der Waals surface area contributed by atoms with E-state index in [1.54, 1.807) is 34.7 Å². The zero-order valence-corrected chi connectivity index (χ0v) is 19.0. The second-order valence-electron chi connectivity index (χ2n) is 8.07. The summed E-state index contributed by atoms with van der Waals surface area (Å²) >= 11 is 0. The Morgan fingerprint density at radius 1 is 1.16 bits per heavy atom. The molecule has 1 unspecified atom stereocenters. The van der Waals surface area contributed by atoms with Crippen LogP contribution in [-0.4, -0.2) is 40.1 Å². The molecule has 1 aliphatic rings. The normalized spacial score (nSPS) is 15.2. The van der Waals surface area contributed by atoms with Gasteiger partial charge in [-0.15, -0.1) is 0 Å². The van der Waals surface area contributed by atoms with Gasteiger partial charge in [-0.1, -0.05) is 6.92 Å². The molecule has 170 valence electrons. The van der Waals surface area contributed by atoms with E-state index in [0.29, 0.717) is 24.4 Å². The van der Waals surface area contributed by atoms with Crippen LogP contribution in [0.2, 0.25) is 0 Å². The minimum absolute atomic E-state index is 0.0282. The summed E-state index contributed by atoms with van der Waals surface area (Å²) in [5.74, 6) is 0.109. The Morgan fingerprint density at radius 2 is 1.88 bits per heavy atom. The van der Waals surface area contributed by atoms with Crippen LogP contribution in [0.3, 0.4) is 0 Å². The monoisotopic (exact) mass is 459 g/mol. The van der Waals surface area contributed by atoms with Crippen LogP contribution < -0.4 is 4.74 Å². The number of nitrogens with zero attached hydrogens (tertiary/aromatic N) is 3. The van der Waals surface area contributed by atoms with E-state index in [0.717, 1.165) is 16.9 Å². The number of hydrogen-bond acceptors (Lipinski definition) is 6. The lowest BCUT2D eigenvalue weighted by molar-refractivity contribution is -0.00523. The Morgan fingerprint density at radius 3 is 2.50 bits per heavy atom. The van der Waals surface area contributed by atoms with Gasteiger partial charge in [0, 0.05) is 30.4 Å². The van der Waals surface area contributed by atoms with Crippen molar-refractivity contribution in [1.82, 2.24) is 14.7 Å². The van der Waals surface area contributed by atoms with Gasteiger partial charge >= 0.3 is 0 Å². The fraction of sp³-hybridized carbons (Fsp3) is 0.348. The maximum absolute atomic E-state index is 13.2. The van der Waals surface area contributed by atoms with E-state index in [4.69, 9.17) is 4.74 Å². The molecule has 0 amide bonds. The van der Waals surface area contributed by atoms with Crippen molar-refractivity contribution in [1.29, 1.82) is 0 Å². The molecule has 0 radical (unpaired) electrons. The van der Waals surface area contributed by atoms with Gasteiger partial charge < -0.3 is 9.84 Å². The maximum atomic E-state index is 13.2. The highest BCUT2D eigenvalue weighted by Crippen LogP contribution is 2.35. The number of hydrogen-bond donors (Lipinski definition) is 1. The quantitative estimate of drug-likeness (QED) is 0.581. The summed E-state index contributed by atoms with van der Waals surface area (Å²) in [5, 5.41) is 15.7. The van der Waals surface area contributed by atoms with E-state index in [1.165, 1.54) is 24.3 Å². The number of sulfone groups is 1. The first-order chi connectivity index (χ1) is 15.2. The molecule has 1 atom stereocenters. The summed E-state index contributed by atoms with van der Waals surface area (Å²) in [5.41, 5.74) is 2.90. The average Bonchev–Trinajstić information content (AvgIpc) is 3.33. The number of aliphatic hydroxyl groups excluding tert-OH is 1. The first kappa shape index (κ1) is 22.4. The lowest BCUT2D eigenvalue weighted by Crippen LogP contribution is -2.25. The van der Waals surface area contributed by atoms with Gasteiger partial charge in [0.25, 0.3) is 0 Å². The SMILES string of the molecule is CCS(=O)(=O)c1ccc(OC(C)C)c(C(O)N2Cc3cn(-c4ccc(F)cc4)nc3C2)c1. The number of halogens is 1. The van der Waals surface area contributed by atoms with E-state index in [-0.39, 0.29) is 22.6 Å². The molecule has 32 heavy (non-hydrogen) atoms. The third-order valence-corrected chi connectivity index (χ3v) is 7.13. The molecule has 0 saturated carbocycles. The van der Waals surface area contributed by atoms with Crippen molar-refractivity contribution in [3.05, 3.63) is 71.3 Å². The van der Waals surface area contributed by atoms with Gasteiger partial charge in [-0.3, -0.25) is 4.90 Å². The van der Waals surface area contributed by atoms with Crippen molar-refractivity contribution in [3.8, 4) is 11.4 Å². The largest absolute Gasteiger partial charge is 0.491 e. The molecule has 1 aliphatic heterocycles. The highest BCUT2D eigenvalue weighted by atomic mass is 32.2. The van der Waals surface area contributed by atoms with E-state index >= 15 is 0 Å². The molecule has 3 aromatic rings. The van der Waals surface area contributed by atoms with Gasteiger partial charge in [0.15, 0.2) is 9.84 Å². The molecule has 2 heterocycles. The molecule has 7 nitrogen and oxygen atoms in total. The van der Waals surface area contributed by atoms with Crippen molar-refractivity contribution in [2.75, 3.05) is 5.75 Å². The van der Waals surface area contributed by atoms with Crippen LogP contribution in [0.4, 0.5) is 4.39 Å². The second kappa shape index (κ2) is 8.65. The van der Waals surface area contributed by atoms with Gasteiger partial charge in [-0.25, -0.2) is 17.5 Å². The summed E-state index contributed by atoms with van der Waals surface area (Å²) in [6, 6.07) is 10.7. The molecule has 4 rings (SSSR count). The van der Waals surface area contributed by atoms with Crippen LogP contribution in [0.15, 0.2) is 53.6 Å². The number of aliphatic hydroxyl groups is 1. The Labute approximate surface area is 187 Å². The van der Waals surface area contributed by atoms with Gasteiger partial charge in [0.05, 0.1) is 28.1 Å². The predicted molar refractivity (Wildman–Crippen MR) is 118 cm³/mol. The second-order valence-corrected chi connectivity index (χ2v) is 10.3. The van der Waals surface area contributed by atoms with Gasteiger partial charge in [0.2, 0.25) is 0 Å². The fourth-order valence-corrected chi connectivity index (χ4v) is 4.64. The van der Waals surface area contributed by atoms with E-state index < -0.39 is 16.1 Å². The van der Waals surface area contributed by atoms with Crippen LogP contribution in [0.1, 0.15) is 43.8 Å². The third-order valence-electron chi connectivity index (χ3n) is 5.40. The minimum Gasteiger partial charge on any atom is -0.491 e. The molecule has 2 aromatic carbocycles. The Hall–Kier alpha value is -2.75. The van der Waals surface area contributed by atoms with E-state index in [2.05, 4.69) is 5.10 Å². The molecule has 0 saturated heterocycles. The first-order valence-electron chi connectivity index (χ1n) is 10.5. The van der Waals surface area contributed by atoms with Crippen molar-refractivity contribution in [3.63, 3.8) is 0 Å². The summed E-state index contributed by atoms with van der Waals surface area (Å²) in [7, 11) is -3.43. The van der Waals surface area contributed by atoms with Crippen LogP contribution >= 0.6 is 0 Å². The highest BCUT2D eigenvalue weighted by Gasteiger charge is 2.31. The fourth-order valence-electron chi connectivity index (χ4n) is 3.72. The topological polar surface area (TPSA) is 84.7 Å². The van der Waals surface area contributed by atoms with Gasteiger partial charge in [0.1, 0.15) is 17.8 Å². The van der Waals surface area contributed by atoms with Crippen molar-refractivity contribution in [2.45, 2.75) is 51.1 Å². The zero-order valence-electron chi connectivity index (χ0n) is 18.2. The van der Waals surface area contributed by atoms with Crippen LogP contribution in [-0.2, 0) is 22.9 Å². The van der Waals surface area contributed by atoms with Crippen molar-refractivity contribution in [2.24, 2.45) is 0 Å². The van der Waals surface area contributed by atoms with Gasteiger partial charge in [-0.05, 0) is 56.3 Å². The standard InChI is InChI=1S/C23H26FN3O4S/c1-4-32(29,30)19-9-10-22(31-15(2)3)20(11-19)23(28)26-12-16-13-27(25-21(16)14-26)18-7-5-17(24)6-8-18/h5-11,13,15,23,28H,4,12,14H2,1-3H3. The highest BCUT2D eigenvalue weighted by molar-refractivity contribution is 7.91. The van der Waals surface area contributed by atoms with Crippen LogP contribution in [0.25, 0.3) is 5.69 Å². The molecule has 0 aliphatic carbocycles. The Bertz CT molecular complexity index is 1200. The molecule has 0 fully saturated rings. The molecule has 1 aromatic heterocycles. The summed E-state index contributed by atoms with van der Waals surface area (Å²) in [6.07, 6.45) is 0.659. The number of fused-ring (bicyclic) bond motifs is 1. The third kappa shape index (κ3) is 4.41. The molecule has 0 bridgehead atoms. The average molecular weight is 460 g/mol. The zero-order chi connectivity index (χ0) is 23.0. The molecule has 1 N–H and O–H groups in total. The summed E-state index contributed by atoms with van der Waals surface area (Å²) < 4.78 is 45.5. The smallest absolute Gasteiger partial charge is 0.178 e. The maximum Gasteiger partial charge on any atom is 0.178 e. The molecular weight excluding hydrogens is 433 g/mol. The number of rotatable bonds is 7. The molecular formula is C23H26FN3O4S. The van der Waals surface area contributed by atoms with E-state index in [9.17, 15) is 17.9 Å². The van der Waals surface area contributed by atoms with Crippen molar-refractivity contribution < 1.29 is 22.7 Å². The predicted octanol–water partition coefficient (Wildman–Crippen LogP) is 3.60. The summed E-state index contributed by atoms with van der Waals surface area (Å²) in [6.45, 7) is 6.15. The van der Waals surface area contributed by atoms with Crippen LogP contribution in [0, 0.1) is 5.82 Å². The number of aromatic nitrogens is 2. The lowest BCUT2D eigenvalue weighted by Gasteiger charge is -2.26. The van der Waals surface area contributed by atoms with Gasteiger partial charge in [-0.2, -0.15) is 5.10 Å². The molecule has 9 heteroatoms. The summed E-state index contributed by atoms with van der Waals surface area (Å²) in [4.78, 5) is 1.96. The number of ether oxygens (including phenoxy) is 1. The lowest BCUT2D eigenvalue weighted by atomic mass is 10.1. The van der Waals surface area contributed by atoms with Crippen molar-refractivity contribution >= 4 is 9.84 Å². The molecule has 0 spiro atoms.